The number of fused-ring (bicyclic) bond motifs is 2. The molecule has 166 valence electrons. The number of ketones is 2. The van der Waals surface area contributed by atoms with Gasteiger partial charge < -0.3 is 10.1 Å². The van der Waals surface area contributed by atoms with Crippen LogP contribution in [0.25, 0.3) is 0 Å². The molecule has 0 unspecified atom stereocenters. The van der Waals surface area contributed by atoms with Gasteiger partial charge in [0.15, 0.2) is 18.2 Å². The van der Waals surface area contributed by atoms with Crippen molar-refractivity contribution in [3.8, 4) is 0 Å². The van der Waals surface area contributed by atoms with Gasteiger partial charge in [0.2, 0.25) is 0 Å². The predicted molar refractivity (Wildman–Crippen MR) is 125 cm³/mol. The van der Waals surface area contributed by atoms with Gasteiger partial charge in [-0.05, 0) is 43.2 Å². The number of carbonyl (C=O) groups is 4. The predicted octanol–water partition coefficient (Wildman–Crippen LogP) is 5.18. The maximum absolute atomic E-state index is 12.9. The Kier molecular flexibility index (Phi) is 6.06. The molecule has 0 fully saturated rings. The summed E-state index contributed by atoms with van der Waals surface area (Å²) < 4.78 is 5.09. The Morgan fingerprint density at radius 1 is 0.909 bits per heavy atom. The molecule has 0 bridgehead atoms. The van der Waals surface area contributed by atoms with Crippen LogP contribution in [-0.4, -0.2) is 30.0 Å². The van der Waals surface area contributed by atoms with Crippen molar-refractivity contribution in [1.82, 2.24) is 0 Å². The number of ether oxygens (including phenoxy) is 1. The van der Waals surface area contributed by atoms with Crippen LogP contribution in [0.3, 0.4) is 0 Å². The number of rotatable bonds is 4. The van der Waals surface area contributed by atoms with Crippen LogP contribution < -0.4 is 5.32 Å². The summed E-state index contributed by atoms with van der Waals surface area (Å²) in [4.78, 5) is 50.6. The minimum Gasteiger partial charge on any atom is -0.452 e. The molecule has 1 aliphatic carbocycles. The quantitative estimate of drug-likeness (QED) is 0.405. The van der Waals surface area contributed by atoms with Gasteiger partial charge in [-0.15, -0.1) is 0 Å². The zero-order chi connectivity index (χ0) is 23.9. The van der Waals surface area contributed by atoms with E-state index in [-0.39, 0.29) is 38.6 Å². The van der Waals surface area contributed by atoms with Crippen molar-refractivity contribution in [2.45, 2.75) is 13.8 Å². The lowest BCUT2D eigenvalue weighted by Crippen LogP contribution is -2.24. The summed E-state index contributed by atoms with van der Waals surface area (Å²) in [6, 6.07) is 12.6. The summed E-state index contributed by atoms with van der Waals surface area (Å²) in [5, 5.41) is 2.80. The van der Waals surface area contributed by atoms with E-state index in [1.54, 1.807) is 31.2 Å². The van der Waals surface area contributed by atoms with Crippen LogP contribution in [0.15, 0.2) is 48.5 Å². The second kappa shape index (κ2) is 8.81. The van der Waals surface area contributed by atoms with E-state index < -0.39 is 24.3 Å². The van der Waals surface area contributed by atoms with E-state index in [1.165, 1.54) is 18.2 Å². The van der Waals surface area contributed by atoms with Crippen molar-refractivity contribution in [1.29, 1.82) is 0 Å². The van der Waals surface area contributed by atoms with Gasteiger partial charge in [-0.3, -0.25) is 14.4 Å². The van der Waals surface area contributed by atoms with Gasteiger partial charge in [0.1, 0.15) is 0 Å². The molecule has 0 heterocycles. The van der Waals surface area contributed by atoms with Crippen LogP contribution in [-0.2, 0) is 9.53 Å². The van der Waals surface area contributed by atoms with Crippen LogP contribution in [0.1, 0.15) is 53.3 Å². The number of anilines is 1. The molecule has 6 nitrogen and oxygen atoms in total. The summed E-state index contributed by atoms with van der Waals surface area (Å²) in [7, 11) is 0. The molecule has 0 atom stereocenters. The molecule has 0 saturated carbocycles. The smallest absolute Gasteiger partial charge is 0.340 e. The Morgan fingerprint density at radius 2 is 1.58 bits per heavy atom. The Morgan fingerprint density at radius 3 is 2.24 bits per heavy atom. The molecule has 1 N–H and O–H groups in total. The average Bonchev–Trinajstić information content (AvgIpc) is 2.78. The third-order valence-corrected chi connectivity index (χ3v) is 5.97. The van der Waals surface area contributed by atoms with Crippen LogP contribution >= 0.6 is 23.2 Å². The highest BCUT2D eigenvalue weighted by molar-refractivity contribution is 6.41. The van der Waals surface area contributed by atoms with Crippen molar-refractivity contribution < 1.29 is 23.9 Å². The Bertz CT molecular complexity index is 1340. The van der Waals surface area contributed by atoms with E-state index >= 15 is 0 Å². The lowest BCUT2D eigenvalue weighted by atomic mass is 9.83. The molecule has 4 rings (SSSR count). The average molecular weight is 482 g/mol. The summed E-state index contributed by atoms with van der Waals surface area (Å²) >= 11 is 12.5. The Balaban J connectivity index is 1.53. The first kappa shape index (κ1) is 22.7. The second-order valence-corrected chi connectivity index (χ2v) is 8.40. The van der Waals surface area contributed by atoms with E-state index in [0.717, 1.165) is 11.1 Å². The monoisotopic (exact) mass is 481 g/mol. The molecule has 3 aromatic rings. The number of aryl methyl sites for hydroxylation is 2. The molecule has 0 saturated heterocycles. The molecular weight excluding hydrogens is 465 g/mol. The number of benzene rings is 3. The number of nitrogens with one attached hydrogen (secondary N) is 1. The largest absolute Gasteiger partial charge is 0.452 e. The molecule has 1 aliphatic rings. The standard InChI is InChI=1S/C25H17Cl2NO5/c1-12-9-13(2)22(18(26)10-12)28-19(29)11-33-25(32)17-8-7-16-20(21(17)27)24(31)15-6-4-3-5-14(15)23(16)30/h3-10H,11H2,1-2H3,(H,28,29). The van der Waals surface area contributed by atoms with Gasteiger partial charge in [0.05, 0.1) is 26.9 Å². The van der Waals surface area contributed by atoms with E-state index in [1.807, 2.05) is 13.0 Å². The van der Waals surface area contributed by atoms with Gasteiger partial charge >= 0.3 is 5.97 Å². The first-order valence-electron chi connectivity index (χ1n) is 9.93. The number of esters is 1. The molecule has 1 amide bonds. The van der Waals surface area contributed by atoms with E-state index in [2.05, 4.69) is 5.32 Å². The fourth-order valence-electron chi connectivity index (χ4n) is 3.76. The summed E-state index contributed by atoms with van der Waals surface area (Å²) in [6.07, 6.45) is 0. The number of hydrogen-bond acceptors (Lipinski definition) is 5. The Labute approximate surface area is 199 Å². The lowest BCUT2D eigenvalue weighted by molar-refractivity contribution is -0.119. The Hall–Kier alpha value is -3.48. The second-order valence-electron chi connectivity index (χ2n) is 7.62. The van der Waals surface area contributed by atoms with Crippen molar-refractivity contribution in [3.05, 3.63) is 97.5 Å². The van der Waals surface area contributed by atoms with Crippen LogP contribution in [0.4, 0.5) is 5.69 Å². The summed E-state index contributed by atoms with van der Waals surface area (Å²) in [6.45, 7) is 3.08. The zero-order valence-electron chi connectivity index (χ0n) is 17.6. The maximum atomic E-state index is 12.9. The van der Waals surface area contributed by atoms with Crippen LogP contribution in [0.5, 0.6) is 0 Å². The van der Waals surface area contributed by atoms with Gasteiger partial charge in [0.25, 0.3) is 5.91 Å². The number of halogens is 2. The fourth-order valence-corrected chi connectivity index (χ4v) is 4.46. The van der Waals surface area contributed by atoms with E-state index in [4.69, 9.17) is 27.9 Å². The number of carbonyl (C=O) groups excluding carboxylic acids is 4. The first-order valence-corrected chi connectivity index (χ1v) is 10.7. The fraction of sp³-hybridized carbons (Fsp3) is 0.120. The third-order valence-electron chi connectivity index (χ3n) is 5.28. The van der Waals surface area contributed by atoms with Crippen LogP contribution in [0.2, 0.25) is 10.0 Å². The minimum absolute atomic E-state index is 0.0543. The van der Waals surface area contributed by atoms with Crippen molar-refractivity contribution in [3.63, 3.8) is 0 Å². The van der Waals surface area contributed by atoms with Crippen molar-refractivity contribution >= 4 is 52.3 Å². The summed E-state index contributed by atoms with van der Waals surface area (Å²) in [5.41, 5.74) is 2.57. The topological polar surface area (TPSA) is 89.5 Å². The van der Waals surface area contributed by atoms with Gasteiger partial charge in [-0.1, -0.05) is 53.5 Å². The van der Waals surface area contributed by atoms with E-state index in [9.17, 15) is 19.2 Å². The molecule has 0 spiro atoms. The highest BCUT2D eigenvalue weighted by atomic mass is 35.5. The van der Waals surface area contributed by atoms with Gasteiger partial charge in [-0.2, -0.15) is 0 Å². The maximum Gasteiger partial charge on any atom is 0.340 e. The first-order chi connectivity index (χ1) is 15.7. The molecule has 3 aromatic carbocycles. The highest BCUT2D eigenvalue weighted by Crippen LogP contribution is 2.34. The van der Waals surface area contributed by atoms with Gasteiger partial charge in [-0.25, -0.2) is 4.79 Å². The molecule has 0 aromatic heterocycles. The molecule has 0 aliphatic heterocycles. The molecule has 0 radical (unpaired) electrons. The minimum atomic E-state index is -0.899. The summed E-state index contributed by atoms with van der Waals surface area (Å²) in [5.74, 6) is -2.30. The normalized spacial score (nSPS) is 12.1. The van der Waals surface area contributed by atoms with Crippen molar-refractivity contribution in [2.75, 3.05) is 11.9 Å². The number of amides is 1. The zero-order valence-corrected chi connectivity index (χ0v) is 19.1. The third kappa shape index (κ3) is 4.15. The lowest BCUT2D eigenvalue weighted by Gasteiger charge is -2.19. The van der Waals surface area contributed by atoms with Crippen LogP contribution in [0, 0.1) is 13.8 Å². The van der Waals surface area contributed by atoms with Gasteiger partial charge in [0, 0.05) is 16.7 Å². The SMILES string of the molecule is Cc1cc(C)c(NC(=O)COC(=O)c2ccc3c(c2Cl)C(=O)c2ccccc2C3=O)c(Cl)c1. The molecule has 8 heteroatoms. The molecular formula is C25H17Cl2NO5. The molecule has 33 heavy (non-hydrogen) atoms. The highest BCUT2D eigenvalue weighted by Gasteiger charge is 2.33. The van der Waals surface area contributed by atoms with Crippen molar-refractivity contribution in [2.24, 2.45) is 0 Å². The number of hydrogen-bond donors (Lipinski definition) is 1. The van der Waals surface area contributed by atoms with E-state index in [0.29, 0.717) is 10.7 Å².